The molecule has 1 atom stereocenters. The molecular weight excluding hydrogens is 252 g/mol. The molecule has 0 aliphatic heterocycles. The van der Waals surface area contributed by atoms with Crippen LogP contribution in [-0.2, 0) is 15.5 Å². The first-order valence-electron chi connectivity index (χ1n) is 5.64. The summed E-state index contributed by atoms with van der Waals surface area (Å²) in [5, 5.41) is 3.13. The number of pyridine rings is 1. The van der Waals surface area contributed by atoms with Gasteiger partial charge in [-0.2, -0.15) is 0 Å². The van der Waals surface area contributed by atoms with Gasteiger partial charge in [-0.3, -0.25) is 4.21 Å². The first-order chi connectivity index (χ1) is 8.54. The number of methoxy groups -OCH3 is 1. The van der Waals surface area contributed by atoms with Gasteiger partial charge in [0, 0.05) is 29.4 Å². The van der Waals surface area contributed by atoms with Gasteiger partial charge >= 0.3 is 5.97 Å². The highest BCUT2D eigenvalue weighted by molar-refractivity contribution is 7.84. The lowest BCUT2D eigenvalue weighted by molar-refractivity contribution is 0.0599. The van der Waals surface area contributed by atoms with Gasteiger partial charge in [-0.1, -0.05) is 0 Å². The van der Waals surface area contributed by atoms with Crippen molar-refractivity contribution in [2.45, 2.75) is 13.3 Å². The van der Waals surface area contributed by atoms with Gasteiger partial charge < -0.3 is 10.1 Å². The van der Waals surface area contributed by atoms with Gasteiger partial charge in [0.25, 0.3) is 0 Å². The van der Waals surface area contributed by atoms with E-state index in [4.69, 9.17) is 0 Å². The fourth-order valence-electron chi connectivity index (χ4n) is 1.48. The first-order valence-corrected chi connectivity index (χ1v) is 7.37. The Morgan fingerprint density at radius 3 is 2.78 bits per heavy atom. The zero-order chi connectivity index (χ0) is 13.5. The lowest BCUT2D eigenvalue weighted by Crippen LogP contribution is -2.10. The molecule has 18 heavy (non-hydrogen) atoms. The third-order valence-electron chi connectivity index (χ3n) is 2.41. The molecule has 0 radical (unpaired) electrons. The van der Waals surface area contributed by atoms with Gasteiger partial charge in [0.05, 0.1) is 18.4 Å². The number of aromatic nitrogens is 1. The monoisotopic (exact) mass is 270 g/mol. The van der Waals surface area contributed by atoms with E-state index in [0.717, 1.165) is 6.42 Å². The fraction of sp³-hybridized carbons (Fsp3) is 0.500. The van der Waals surface area contributed by atoms with Crippen LogP contribution in [0.1, 0.15) is 22.5 Å². The predicted molar refractivity (Wildman–Crippen MR) is 72.4 cm³/mol. The van der Waals surface area contributed by atoms with Crippen LogP contribution in [0.25, 0.3) is 0 Å². The summed E-state index contributed by atoms with van der Waals surface area (Å²) in [5.74, 6) is 1.00. The Labute approximate surface area is 109 Å². The van der Waals surface area contributed by atoms with Crippen molar-refractivity contribution in [2.24, 2.45) is 0 Å². The van der Waals surface area contributed by atoms with E-state index in [1.54, 1.807) is 25.3 Å². The Morgan fingerprint density at radius 1 is 1.50 bits per heavy atom. The molecule has 6 heteroatoms. The Morgan fingerprint density at radius 2 is 2.22 bits per heavy atom. The minimum atomic E-state index is -0.761. The van der Waals surface area contributed by atoms with E-state index in [1.165, 1.54) is 7.11 Å². The maximum absolute atomic E-state index is 11.4. The summed E-state index contributed by atoms with van der Waals surface area (Å²) in [6, 6.07) is 3.43. The molecule has 1 N–H and O–H groups in total. The van der Waals surface area contributed by atoms with Crippen molar-refractivity contribution in [3.63, 3.8) is 0 Å². The molecule has 0 amide bonds. The van der Waals surface area contributed by atoms with Gasteiger partial charge in [-0.15, -0.1) is 0 Å². The zero-order valence-electron chi connectivity index (χ0n) is 10.9. The summed E-state index contributed by atoms with van der Waals surface area (Å²) in [6.45, 7) is 2.47. The molecular formula is C12H18N2O3S. The predicted octanol–water partition coefficient (Wildman–Crippen LogP) is 1.36. The summed E-state index contributed by atoms with van der Waals surface area (Å²) >= 11 is 0. The highest BCUT2D eigenvalue weighted by Gasteiger charge is 2.10. The number of hydrogen-bond acceptors (Lipinski definition) is 5. The van der Waals surface area contributed by atoms with Gasteiger partial charge in [0.1, 0.15) is 5.82 Å². The fourth-order valence-corrected chi connectivity index (χ4v) is 2.03. The van der Waals surface area contributed by atoms with Crippen LogP contribution in [0, 0.1) is 6.92 Å². The number of aryl methyl sites for hydroxylation is 1. The minimum Gasteiger partial charge on any atom is -0.465 e. The van der Waals surface area contributed by atoms with Crippen LogP contribution in [-0.4, -0.2) is 40.8 Å². The van der Waals surface area contributed by atoms with Crippen molar-refractivity contribution in [1.29, 1.82) is 0 Å². The van der Waals surface area contributed by atoms with Gasteiger partial charge in [-0.25, -0.2) is 9.78 Å². The number of ether oxygens (including phenoxy) is 1. The number of carbonyl (C=O) groups is 1. The summed E-state index contributed by atoms with van der Waals surface area (Å²) in [7, 11) is 0.585. The molecule has 1 aromatic heterocycles. The molecule has 100 valence electrons. The molecule has 1 rings (SSSR count). The topological polar surface area (TPSA) is 68.3 Å². The maximum atomic E-state index is 11.4. The van der Waals surface area contributed by atoms with Crippen LogP contribution in [0.2, 0.25) is 0 Å². The lowest BCUT2D eigenvalue weighted by Gasteiger charge is -2.08. The van der Waals surface area contributed by atoms with Crippen LogP contribution in [0.5, 0.6) is 0 Å². The Bertz CT molecular complexity index is 449. The Kier molecular flexibility index (Phi) is 5.77. The van der Waals surface area contributed by atoms with E-state index in [9.17, 15) is 9.00 Å². The van der Waals surface area contributed by atoms with Crippen LogP contribution < -0.4 is 5.32 Å². The normalized spacial score (nSPS) is 11.9. The van der Waals surface area contributed by atoms with Crippen LogP contribution >= 0.6 is 0 Å². The van der Waals surface area contributed by atoms with Crippen molar-refractivity contribution in [3.05, 3.63) is 23.4 Å². The smallest absolute Gasteiger partial charge is 0.339 e. The van der Waals surface area contributed by atoms with E-state index in [2.05, 4.69) is 15.0 Å². The van der Waals surface area contributed by atoms with E-state index in [-0.39, 0.29) is 5.97 Å². The molecule has 0 bridgehead atoms. The molecule has 0 fully saturated rings. The standard InChI is InChI=1S/C12H18N2O3S/c1-9-10(12(15)17-2)5-6-11(14-9)13-7-4-8-18(3)16/h5-6H,4,7-8H2,1-3H3,(H,13,14). The van der Waals surface area contributed by atoms with Gasteiger partial charge in [0.15, 0.2) is 0 Å². The van der Waals surface area contributed by atoms with E-state index < -0.39 is 10.8 Å². The van der Waals surface area contributed by atoms with Gasteiger partial charge in [-0.05, 0) is 25.5 Å². The van der Waals surface area contributed by atoms with E-state index in [0.29, 0.717) is 29.4 Å². The highest BCUT2D eigenvalue weighted by atomic mass is 32.2. The molecule has 1 aromatic rings. The lowest BCUT2D eigenvalue weighted by atomic mass is 10.2. The minimum absolute atomic E-state index is 0.382. The number of rotatable bonds is 6. The summed E-state index contributed by atoms with van der Waals surface area (Å²) < 4.78 is 15.5. The Hall–Kier alpha value is -1.43. The van der Waals surface area contributed by atoms with Crippen molar-refractivity contribution < 1.29 is 13.7 Å². The number of esters is 1. The van der Waals surface area contributed by atoms with Crippen molar-refractivity contribution in [3.8, 4) is 0 Å². The third-order valence-corrected chi connectivity index (χ3v) is 3.27. The summed E-state index contributed by atoms with van der Waals surface area (Å²) in [4.78, 5) is 15.6. The third kappa shape index (κ3) is 4.44. The van der Waals surface area contributed by atoms with E-state index >= 15 is 0 Å². The SMILES string of the molecule is COC(=O)c1ccc(NCCCS(C)=O)nc1C. The van der Waals surface area contributed by atoms with E-state index in [1.807, 2.05) is 0 Å². The average Bonchev–Trinajstić information content (AvgIpc) is 2.33. The number of nitrogens with zero attached hydrogens (tertiary/aromatic N) is 1. The molecule has 0 saturated heterocycles. The van der Waals surface area contributed by atoms with Crippen molar-refractivity contribution >= 4 is 22.6 Å². The molecule has 1 unspecified atom stereocenters. The van der Waals surface area contributed by atoms with Crippen molar-refractivity contribution in [2.75, 3.05) is 31.0 Å². The maximum Gasteiger partial charge on any atom is 0.339 e. The van der Waals surface area contributed by atoms with Crippen LogP contribution in [0.15, 0.2) is 12.1 Å². The Balaban J connectivity index is 2.56. The molecule has 0 aliphatic carbocycles. The number of anilines is 1. The second-order valence-electron chi connectivity index (χ2n) is 3.88. The molecule has 0 aromatic carbocycles. The molecule has 1 heterocycles. The summed E-state index contributed by atoms with van der Waals surface area (Å²) in [6.07, 6.45) is 2.51. The van der Waals surface area contributed by atoms with Crippen LogP contribution in [0.3, 0.4) is 0 Å². The van der Waals surface area contributed by atoms with Crippen LogP contribution in [0.4, 0.5) is 5.82 Å². The second kappa shape index (κ2) is 7.10. The largest absolute Gasteiger partial charge is 0.465 e. The molecule has 0 saturated carbocycles. The van der Waals surface area contributed by atoms with Crippen molar-refractivity contribution in [1.82, 2.24) is 4.98 Å². The number of carbonyl (C=O) groups excluding carboxylic acids is 1. The van der Waals surface area contributed by atoms with Gasteiger partial charge in [0.2, 0.25) is 0 Å². The summed E-state index contributed by atoms with van der Waals surface area (Å²) in [5.41, 5.74) is 1.10. The second-order valence-corrected chi connectivity index (χ2v) is 5.43. The highest BCUT2D eigenvalue weighted by Crippen LogP contribution is 2.11. The molecule has 0 spiro atoms. The molecule has 5 nitrogen and oxygen atoms in total. The average molecular weight is 270 g/mol. The number of hydrogen-bond donors (Lipinski definition) is 1. The zero-order valence-corrected chi connectivity index (χ0v) is 11.7. The number of nitrogens with one attached hydrogen (secondary N) is 1. The first kappa shape index (κ1) is 14.6. The molecule has 0 aliphatic rings. The quantitative estimate of drug-likeness (QED) is 0.624.